The number of methoxy groups -OCH3 is 1. The Morgan fingerprint density at radius 1 is 0.905 bits per heavy atom. The Labute approximate surface area is 126 Å². The van der Waals surface area contributed by atoms with Gasteiger partial charge in [0.15, 0.2) is 0 Å². The fourth-order valence-corrected chi connectivity index (χ4v) is 3.04. The largest absolute Gasteiger partial charge is 0.497 e. The van der Waals surface area contributed by atoms with Crippen LogP contribution in [-0.2, 0) is 0 Å². The first-order valence-electron chi connectivity index (χ1n) is 6.38. The van der Waals surface area contributed by atoms with Gasteiger partial charge in [0.05, 0.1) is 18.2 Å². The van der Waals surface area contributed by atoms with Gasteiger partial charge in [0.1, 0.15) is 5.75 Å². The van der Waals surface area contributed by atoms with Gasteiger partial charge in [0.25, 0.3) is 11.8 Å². The number of hydrogen-bond acceptors (Lipinski definition) is 4. The van der Waals surface area contributed by atoms with Crippen molar-refractivity contribution in [3.05, 3.63) is 53.6 Å². The summed E-state index contributed by atoms with van der Waals surface area (Å²) in [5.74, 6) is 0.318. The van der Waals surface area contributed by atoms with Gasteiger partial charge in [0.2, 0.25) is 0 Å². The topological polar surface area (TPSA) is 46.6 Å². The number of fused-ring (bicyclic) bond motifs is 1. The molecule has 106 valence electrons. The Morgan fingerprint density at radius 2 is 1.52 bits per heavy atom. The molecule has 0 aromatic heterocycles. The predicted molar refractivity (Wildman–Crippen MR) is 80.0 cm³/mol. The molecular formula is C16H13NO3S. The van der Waals surface area contributed by atoms with Crippen molar-refractivity contribution in [3.8, 4) is 5.75 Å². The molecule has 0 radical (unpaired) electrons. The first-order chi connectivity index (χ1) is 10.1. The Kier molecular flexibility index (Phi) is 3.43. The number of nitrogens with zero attached hydrogens (tertiary/aromatic N) is 1. The third kappa shape index (κ3) is 2.40. The minimum Gasteiger partial charge on any atom is -0.497 e. The average Bonchev–Trinajstić information content (AvgIpc) is 2.73. The lowest BCUT2D eigenvalue weighted by Gasteiger charge is -2.04. The molecule has 0 fully saturated rings. The van der Waals surface area contributed by atoms with Gasteiger partial charge in [-0.25, -0.2) is 0 Å². The van der Waals surface area contributed by atoms with Crippen LogP contribution in [0.25, 0.3) is 0 Å². The summed E-state index contributed by atoms with van der Waals surface area (Å²) < 4.78 is 5.12. The molecule has 0 saturated carbocycles. The van der Waals surface area contributed by atoms with Gasteiger partial charge in [-0.2, -0.15) is 0 Å². The lowest BCUT2D eigenvalue weighted by Crippen LogP contribution is -2.24. The molecule has 0 spiro atoms. The van der Waals surface area contributed by atoms with Gasteiger partial charge in [-0.05, 0) is 42.5 Å². The second-order valence-corrected chi connectivity index (χ2v) is 5.80. The summed E-state index contributed by atoms with van der Waals surface area (Å²) in [6.07, 6.45) is 0. The Hall–Kier alpha value is -2.27. The average molecular weight is 299 g/mol. The molecule has 0 aliphatic carbocycles. The number of rotatable bonds is 3. The molecule has 0 saturated heterocycles. The smallest absolute Gasteiger partial charge is 0.261 e. The summed E-state index contributed by atoms with van der Waals surface area (Å²) in [6.45, 7) is 0. The van der Waals surface area contributed by atoms with Gasteiger partial charge < -0.3 is 4.74 Å². The quantitative estimate of drug-likeness (QED) is 0.817. The van der Waals surface area contributed by atoms with Crippen LogP contribution in [0.2, 0.25) is 0 Å². The SMILES string of the molecule is COc1ccc(Sc2ccc3c(c2)C(=O)N(C)C3=O)cc1. The molecule has 0 unspecified atom stereocenters. The highest BCUT2D eigenvalue weighted by atomic mass is 32.2. The van der Waals surface area contributed by atoms with Crippen molar-refractivity contribution in [3.63, 3.8) is 0 Å². The molecule has 2 amide bonds. The molecule has 21 heavy (non-hydrogen) atoms. The van der Waals surface area contributed by atoms with Crippen LogP contribution in [0.1, 0.15) is 20.7 Å². The van der Waals surface area contributed by atoms with Crippen LogP contribution < -0.4 is 4.74 Å². The van der Waals surface area contributed by atoms with Gasteiger partial charge in [0, 0.05) is 16.8 Å². The molecule has 0 N–H and O–H groups in total. The summed E-state index contributed by atoms with van der Waals surface area (Å²) in [7, 11) is 3.13. The Balaban J connectivity index is 1.88. The van der Waals surface area contributed by atoms with E-state index >= 15 is 0 Å². The minimum atomic E-state index is -0.243. The molecule has 1 heterocycles. The van der Waals surface area contributed by atoms with Crippen molar-refractivity contribution in [1.29, 1.82) is 0 Å². The standard InChI is InChI=1S/C16H13NO3S/c1-17-15(18)13-8-7-12(9-14(13)16(17)19)21-11-5-3-10(20-2)4-6-11/h3-9H,1-2H3. The van der Waals surface area contributed by atoms with Crippen LogP contribution in [0, 0.1) is 0 Å². The van der Waals surface area contributed by atoms with Crippen molar-refractivity contribution in [2.45, 2.75) is 9.79 Å². The molecule has 4 nitrogen and oxygen atoms in total. The lowest BCUT2D eigenvalue weighted by atomic mass is 10.1. The predicted octanol–water partition coefficient (Wildman–Crippen LogP) is 3.07. The molecular weight excluding hydrogens is 286 g/mol. The van der Waals surface area contributed by atoms with Crippen LogP contribution in [0.3, 0.4) is 0 Å². The van der Waals surface area contributed by atoms with Crippen molar-refractivity contribution >= 4 is 23.6 Å². The van der Waals surface area contributed by atoms with Crippen LogP contribution >= 0.6 is 11.8 Å². The van der Waals surface area contributed by atoms with Crippen LogP contribution in [-0.4, -0.2) is 30.9 Å². The summed E-state index contributed by atoms with van der Waals surface area (Å²) in [5.41, 5.74) is 0.947. The van der Waals surface area contributed by atoms with E-state index < -0.39 is 0 Å². The van der Waals surface area contributed by atoms with E-state index in [9.17, 15) is 9.59 Å². The maximum atomic E-state index is 12.0. The monoisotopic (exact) mass is 299 g/mol. The molecule has 0 bridgehead atoms. The van der Waals surface area contributed by atoms with E-state index in [1.807, 2.05) is 30.3 Å². The molecule has 1 aliphatic rings. The summed E-state index contributed by atoms with van der Waals surface area (Å²) in [5, 5.41) is 0. The van der Waals surface area contributed by atoms with Gasteiger partial charge >= 0.3 is 0 Å². The van der Waals surface area contributed by atoms with E-state index in [0.29, 0.717) is 11.1 Å². The highest BCUT2D eigenvalue weighted by molar-refractivity contribution is 7.99. The zero-order valence-corrected chi connectivity index (χ0v) is 12.4. The zero-order chi connectivity index (χ0) is 15.0. The number of amides is 2. The molecule has 1 aliphatic heterocycles. The molecule has 5 heteroatoms. The minimum absolute atomic E-state index is 0.240. The number of imide groups is 1. The first-order valence-corrected chi connectivity index (χ1v) is 7.20. The zero-order valence-electron chi connectivity index (χ0n) is 11.6. The number of carbonyl (C=O) groups is 2. The number of benzene rings is 2. The van der Waals surface area contributed by atoms with E-state index in [1.165, 1.54) is 18.8 Å². The summed E-state index contributed by atoms with van der Waals surface area (Å²) >= 11 is 1.54. The van der Waals surface area contributed by atoms with Crippen LogP contribution in [0.5, 0.6) is 5.75 Å². The van der Waals surface area contributed by atoms with Gasteiger partial charge in [-0.1, -0.05) is 11.8 Å². The van der Waals surface area contributed by atoms with Crippen molar-refractivity contribution in [1.82, 2.24) is 4.90 Å². The number of carbonyl (C=O) groups excluding carboxylic acids is 2. The van der Waals surface area contributed by atoms with E-state index in [4.69, 9.17) is 4.74 Å². The second-order valence-electron chi connectivity index (χ2n) is 4.65. The summed E-state index contributed by atoms with van der Waals surface area (Å²) in [6, 6.07) is 13.0. The van der Waals surface area contributed by atoms with Crippen molar-refractivity contribution in [2.24, 2.45) is 0 Å². The highest BCUT2D eigenvalue weighted by Gasteiger charge is 2.32. The first kappa shape index (κ1) is 13.7. The fraction of sp³-hybridized carbons (Fsp3) is 0.125. The normalized spacial score (nSPS) is 13.5. The third-order valence-electron chi connectivity index (χ3n) is 3.36. The van der Waals surface area contributed by atoms with E-state index in [1.54, 1.807) is 19.2 Å². The van der Waals surface area contributed by atoms with Crippen LogP contribution in [0.15, 0.2) is 52.3 Å². The lowest BCUT2D eigenvalue weighted by molar-refractivity contribution is 0.0693. The van der Waals surface area contributed by atoms with Gasteiger partial charge in [-0.15, -0.1) is 0 Å². The number of ether oxygens (including phenoxy) is 1. The van der Waals surface area contributed by atoms with E-state index in [2.05, 4.69) is 0 Å². The maximum Gasteiger partial charge on any atom is 0.261 e. The molecule has 0 atom stereocenters. The summed E-state index contributed by atoms with van der Waals surface area (Å²) in [4.78, 5) is 26.9. The Bertz CT molecular complexity index is 725. The highest BCUT2D eigenvalue weighted by Crippen LogP contribution is 2.32. The maximum absolute atomic E-state index is 12.0. The second kappa shape index (κ2) is 5.26. The van der Waals surface area contributed by atoms with E-state index in [-0.39, 0.29) is 11.8 Å². The van der Waals surface area contributed by atoms with Crippen molar-refractivity contribution in [2.75, 3.05) is 14.2 Å². The van der Waals surface area contributed by atoms with Gasteiger partial charge in [-0.3, -0.25) is 14.5 Å². The van der Waals surface area contributed by atoms with Crippen molar-refractivity contribution < 1.29 is 14.3 Å². The van der Waals surface area contributed by atoms with E-state index in [0.717, 1.165) is 20.4 Å². The third-order valence-corrected chi connectivity index (χ3v) is 4.35. The molecule has 2 aromatic carbocycles. The molecule has 3 rings (SSSR count). The van der Waals surface area contributed by atoms with Crippen LogP contribution in [0.4, 0.5) is 0 Å². The molecule has 2 aromatic rings. The fourth-order valence-electron chi connectivity index (χ4n) is 2.18. The number of hydrogen-bond donors (Lipinski definition) is 0. The Morgan fingerprint density at radius 3 is 2.19 bits per heavy atom.